The highest BCUT2D eigenvalue weighted by Crippen LogP contribution is 2.21. The minimum absolute atomic E-state index is 0.0643. The van der Waals surface area contributed by atoms with Crippen LogP contribution in [0.15, 0.2) is 97.3 Å². The summed E-state index contributed by atoms with van der Waals surface area (Å²) < 4.78 is 0. The normalized spacial score (nSPS) is 11.5. The summed E-state index contributed by atoms with van der Waals surface area (Å²) in [6.45, 7) is 2.04. The Morgan fingerprint density at radius 2 is 1.56 bits per heavy atom. The van der Waals surface area contributed by atoms with Crippen LogP contribution in [-0.2, 0) is 6.42 Å². The second-order valence-corrected chi connectivity index (χ2v) is 7.76. The molecule has 2 N–H and O–H groups in total. The fourth-order valence-electron chi connectivity index (χ4n) is 3.45. The topological polar surface area (TPSA) is 66.9 Å². The third kappa shape index (κ3) is 5.79. The van der Waals surface area contributed by atoms with Gasteiger partial charge < -0.3 is 10.6 Å². The van der Waals surface area contributed by atoms with E-state index in [1.807, 2.05) is 85.8 Å². The van der Waals surface area contributed by atoms with Crippen molar-refractivity contribution < 1.29 is 4.79 Å². The van der Waals surface area contributed by atoms with E-state index in [0.29, 0.717) is 11.4 Å². The summed E-state index contributed by atoms with van der Waals surface area (Å²) in [6, 6.07) is 29.7. The summed E-state index contributed by atoms with van der Waals surface area (Å²) in [4.78, 5) is 21.2. The van der Waals surface area contributed by atoms with Crippen molar-refractivity contribution in [2.75, 3.05) is 5.32 Å². The molecule has 0 spiro atoms. The second-order valence-electron chi connectivity index (χ2n) is 7.76. The van der Waals surface area contributed by atoms with Gasteiger partial charge in [0.1, 0.15) is 12.1 Å². The van der Waals surface area contributed by atoms with Gasteiger partial charge in [-0.25, -0.2) is 9.97 Å². The Hall–Kier alpha value is -3.99. The lowest BCUT2D eigenvalue weighted by Gasteiger charge is -2.14. The van der Waals surface area contributed by atoms with Crippen LogP contribution in [-0.4, -0.2) is 21.9 Å². The van der Waals surface area contributed by atoms with Gasteiger partial charge in [0.05, 0.1) is 5.69 Å². The number of amides is 1. The number of hydrogen-bond acceptors (Lipinski definition) is 4. The summed E-state index contributed by atoms with van der Waals surface area (Å²) in [5.41, 5.74) is 4.66. The quantitative estimate of drug-likeness (QED) is 0.386. The first kappa shape index (κ1) is 21.2. The lowest BCUT2D eigenvalue weighted by Crippen LogP contribution is -2.32. The molecule has 0 aliphatic rings. The van der Waals surface area contributed by atoms with Crippen molar-refractivity contribution in [3.05, 3.63) is 108 Å². The number of anilines is 2. The molecule has 1 amide bonds. The zero-order valence-electron chi connectivity index (χ0n) is 18.0. The molecule has 0 bridgehead atoms. The lowest BCUT2D eigenvalue weighted by atomic mass is 10.1. The molecule has 3 aromatic carbocycles. The number of hydrogen-bond donors (Lipinski definition) is 2. The fourth-order valence-corrected chi connectivity index (χ4v) is 3.45. The number of aromatic nitrogens is 2. The van der Waals surface area contributed by atoms with E-state index in [0.717, 1.165) is 29.8 Å². The van der Waals surface area contributed by atoms with Gasteiger partial charge in [0, 0.05) is 28.9 Å². The van der Waals surface area contributed by atoms with Crippen molar-refractivity contribution in [2.45, 2.75) is 25.8 Å². The van der Waals surface area contributed by atoms with Crippen LogP contribution >= 0.6 is 0 Å². The molecule has 0 saturated heterocycles. The summed E-state index contributed by atoms with van der Waals surface area (Å²) in [7, 11) is 0. The molecule has 1 atom stereocenters. The Kier molecular flexibility index (Phi) is 6.88. The molecule has 1 heterocycles. The molecular formula is C27H26N4O. The van der Waals surface area contributed by atoms with E-state index in [1.165, 1.54) is 5.56 Å². The van der Waals surface area contributed by atoms with Crippen LogP contribution in [0.25, 0.3) is 11.3 Å². The first-order valence-corrected chi connectivity index (χ1v) is 10.8. The molecular weight excluding hydrogens is 396 g/mol. The van der Waals surface area contributed by atoms with Crippen LogP contribution in [0, 0.1) is 0 Å². The molecule has 5 heteroatoms. The van der Waals surface area contributed by atoms with Crippen molar-refractivity contribution in [3.8, 4) is 11.3 Å². The van der Waals surface area contributed by atoms with Crippen molar-refractivity contribution in [3.63, 3.8) is 0 Å². The van der Waals surface area contributed by atoms with Crippen molar-refractivity contribution in [2.24, 2.45) is 0 Å². The van der Waals surface area contributed by atoms with Gasteiger partial charge in [-0.05, 0) is 49.6 Å². The van der Waals surface area contributed by atoms with E-state index in [9.17, 15) is 4.79 Å². The fraction of sp³-hybridized carbons (Fsp3) is 0.148. The number of nitrogens with one attached hydrogen (secondary N) is 2. The number of nitrogens with zero attached hydrogens (tertiary/aromatic N) is 2. The Morgan fingerprint density at radius 3 is 2.28 bits per heavy atom. The minimum atomic E-state index is -0.0643. The number of carbonyl (C=O) groups excluding carboxylic acids is 1. The first-order valence-electron chi connectivity index (χ1n) is 10.8. The molecule has 0 aliphatic carbocycles. The number of carbonyl (C=O) groups is 1. The predicted octanol–water partition coefficient (Wildman–Crippen LogP) is 5.64. The molecule has 4 rings (SSSR count). The standard InChI is InChI=1S/C27H26N4O/c1-20(12-13-21-8-4-2-5-9-21)30-27(32)23-14-16-24(17-15-23)31-26-18-25(28-19-29-26)22-10-6-3-7-11-22/h2-11,14-20H,12-13H2,1H3,(H,30,32)(H,28,29,31)/t20-/m1/s1. The Morgan fingerprint density at radius 1 is 0.875 bits per heavy atom. The van der Waals surface area contributed by atoms with Gasteiger partial charge in [0.25, 0.3) is 5.91 Å². The van der Waals surface area contributed by atoms with Crippen LogP contribution in [0.2, 0.25) is 0 Å². The van der Waals surface area contributed by atoms with E-state index in [-0.39, 0.29) is 11.9 Å². The van der Waals surface area contributed by atoms with Crippen molar-refractivity contribution in [1.82, 2.24) is 15.3 Å². The molecule has 0 unspecified atom stereocenters. The molecule has 0 aliphatic heterocycles. The maximum atomic E-state index is 12.6. The molecule has 32 heavy (non-hydrogen) atoms. The van der Waals surface area contributed by atoms with Gasteiger partial charge >= 0.3 is 0 Å². The molecule has 0 saturated carbocycles. The number of rotatable bonds is 8. The smallest absolute Gasteiger partial charge is 0.251 e. The van der Waals surface area contributed by atoms with Crippen LogP contribution < -0.4 is 10.6 Å². The Balaban J connectivity index is 1.33. The van der Waals surface area contributed by atoms with Gasteiger partial charge in [-0.2, -0.15) is 0 Å². The zero-order chi connectivity index (χ0) is 22.2. The first-order chi connectivity index (χ1) is 15.7. The van der Waals surface area contributed by atoms with E-state index < -0.39 is 0 Å². The van der Waals surface area contributed by atoms with Crippen molar-refractivity contribution in [1.29, 1.82) is 0 Å². The number of benzene rings is 3. The van der Waals surface area contributed by atoms with Crippen LogP contribution in [0.4, 0.5) is 11.5 Å². The monoisotopic (exact) mass is 422 g/mol. The average molecular weight is 423 g/mol. The summed E-state index contributed by atoms with van der Waals surface area (Å²) >= 11 is 0. The van der Waals surface area contributed by atoms with Crippen LogP contribution in [0.1, 0.15) is 29.3 Å². The molecule has 0 fully saturated rings. The SMILES string of the molecule is C[C@H](CCc1ccccc1)NC(=O)c1ccc(Nc2cc(-c3ccccc3)ncn2)cc1. The maximum absolute atomic E-state index is 12.6. The minimum Gasteiger partial charge on any atom is -0.350 e. The molecule has 0 radical (unpaired) electrons. The van der Waals surface area contributed by atoms with Crippen LogP contribution in [0.3, 0.4) is 0 Å². The van der Waals surface area contributed by atoms with E-state index in [1.54, 1.807) is 6.33 Å². The van der Waals surface area contributed by atoms with Gasteiger partial charge in [0.15, 0.2) is 0 Å². The third-order valence-electron chi connectivity index (χ3n) is 5.24. The maximum Gasteiger partial charge on any atom is 0.251 e. The predicted molar refractivity (Wildman–Crippen MR) is 129 cm³/mol. The second kappa shape index (κ2) is 10.4. The Labute approximate surface area is 188 Å². The van der Waals surface area contributed by atoms with Crippen molar-refractivity contribution >= 4 is 17.4 Å². The van der Waals surface area contributed by atoms with E-state index in [2.05, 4.69) is 32.7 Å². The van der Waals surface area contributed by atoms with E-state index >= 15 is 0 Å². The van der Waals surface area contributed by atoms with Gasteiger partial charge in [-0.3, -0.25) is 4.79 Å². The third-order valence-corrected chi connectivity index (χ3v) is 5.24. The highest BCUT2D eigenvalue weighted by Gasteiger charge is 2.10. The zero-order valence-corrected chi connectivity index (χ0v) is 18.0. The van der Waals surface area contributed by atoms with Gasteiger partial charge in [0.2, 0.25) is 0 Å². The molecule has 4 aromatic rings. The lowest BCUT2D eigenvalue weighted by molar-refractivity contribution is 0.0938. The molecule has 160 valence electrons. The van der Waals surface area contributed by atoms with Crippen LogP contribution in [0.5, 0.6) is 0 Å². The van der Waals surface area contributed by atoms with Gasteiger partial charge in [-0.15, -0.1) is 0 Å². The highest BCUT2D eigenvalue weighted by molar-refractivity contribution is 5.94. The van der Waals surface area contributed by atoms with Gasteiger partial charge in [-0.1, -0.05) is 60.7 Å². The van der Waals surface area contributed by atoms with E-state index in [4.69, 9.17) is 0 Å². The largest absolute Gasteiger partial charge is 0.350 e. The molecule has 5 nitrogen and oxygen atoms in total. The summed E-state index contributed by atoms with van der Waals surface area (Å²) in [5.74, 6) is 0.635. The number of aryl methyl sites for hydroxylation is 1. The highest BCUT2D eigenvalue weighted by atomic mass is 16.1. The Bertz CT molecular complexity index is 1150. The molecule has 1 aromatic heterocycles. The average Bonchev–Trinajstić information content (AvgIpc) is 2.84. The summed E-state index contributed by atoms with van der Waals surface area (Å²) in [6.07, 6.45) is 3.38. The summed E-state index contributed by atoms with van der Waals surface area (Å²) in [5, 5.41) is 6.36.